The van der Waals surface area contributed by atoms with E-state index in [1.165, 1.54) is 16.7 Å². The van der Waals surface area contributed by atoms with Gasteiger partial charge in [0.1, 0.15) is 5.71 Å². The number of rotatable bonds is 4. The molecule has 0 radical (unpaired) electrons. The first kappa shape index (κ1) is 15.5. The van der Waals surface area contributed by atoms with Crippen LogP contribution in [0.15, 0.2) is 89.1 Å². The fourth-order valence-electron chi connectivity index (χ4n) is 3.35. The second kappa shape index (κ2) is 6.86. The van der Waals surface area contributed by atoms with Crippen molar-refractivity contribution in [3.63, 3.8) is 0 Å². The van der Waals surface area contributed by atoms with Gasteiger partial charge in [-0.2, -0.15) is 10.2 Å². The topological polar surface area (TPSA) is 24.7 Å². The minimum absolute atomic E-state index is 0.346. The lowest BCUT2D eigenvalue weighted by Crippen LogP contribution is -2.01. The summed E-state index contributed by atoms with van der Waals surface area (Å²) in [6.45, 7) is 2.17. The van der Waals surface area contributed by atoms with E-state index in [9.17, 15) is 0 Å². The first-order chi connectivity index (χ1) is 12.3. The predicted molar refractivity (Wildman–Crippen MR) is 105 cm³/mol. The van der Waals surface area contributed by atoms with Gasteiger partial charge in [-0.25, -0.2) is 0 Å². The van der Waals surface area contributed by atoms with Crippen molar-refractivity contribution in [2.24, 2.45) is 16.1 Å². The number of nitrogens with zero attached hydrogens (tertiary/aromatic N) is 2. The highest BCUT2D eigenvalue weighted by Gasteiger charge is 2.23. The summed E-state index contributed by atoms with van der Waals surface area (Å²) in [6, 6.07) is 27.3. The molecule has 0 fully saturated rings. The molecule has 0 unspecified atom stereocenters. The molecule has 0 aliphatic heterocycles. The van der Waals surface area contributed by atoms with Gasteiger partial charge >= 0.3 is 0 Å². The molecule has 0 saturated carbocycles. The summed E-state index contributed by atoms with van der Waals surface area (Å²) in [6.07, 6.45) is 2.92. The molecule has 1 atom stereocenters. The second-order valence-electron chi connectivity index (χ2n) is 6.47. The average Bonchev–Trinajstić information content (AvgIpc) is 2.97. The van der Waals surface area contributed by atoms with Crippen LogP contribution in [0.2, 0.25) is 0 Å². The summed E-state index contributed by atoms with van der Waals surface area (Å²) in [5, 5.41) is 8.98. The molecule has 0 bridgehead atoms. The van der Waals surface area contributed by atoms with Gasteiger partial charge in [0.15, 0.2) is 0 Å². The fraction of sp³-hybridized carbons (Fsp3) is 0.130. The minimum atomic E-state index is 0.346. The molecule has 0 saturated heterocycles. The van der Waals surface area contributed by atoms with E-state index in [2.05, 4.69) is 89.9 Å². The standard InChI is InChI=1S/C23H20N2/c1-17(15-18-9-3-2-4-10-18)16-24-25-23-21-13-7-5-11-19(21)20-12-6-8-14-22(20)23/h2-14,16-17H,15H2,1H3/b24-16+/t17-/m1/s1. The maximum absolute atomic E-state index is 4.57. The molecule has 25 heavy (non-hydrogen) atoms. The quantitative estimate of drug-likeness (QED) is 0.356. The van der Waals surface area contributed by atoms with Crippen LogP contribution in [-0.2, 0) is 6.42 Å². The SMILES string of the molecule is C[C@@H](/C=N/N=C1c2ccccc2-c2ccccc21)Cc1ccccc1. The van der Waals surface area contributed by atoms with Gasteiger partial charge in [0, 0.05) is 17.3 Å². The minimum Gasteiger partial charge on any atom is -0.163 e. The Morgan fingerprint density at radius 3 is 1.84 bits per heavy atom. The van der Waals surface area contributed by atoms with Gasteiger partial charge in [-0.05, 0) is 29.0 Å². The van der Waals surface area contributed by atoms with Crippen LogP contribution in [0.1, 0.15) is 23.6 Å². The molecule has 1 aliphatic rings. The largest absolute Gasteiger partial charge is 0.163 e. The molecule has 0 amide bonds. The lowest BCUT2D eigenvalue weighted by atomic mass is 10.0. The second-order valence-corrected chi connectivity index (χ2v) is 6.47. The molecule has 0 spiro atoms. The maximum Gasteiger partial charge on any atom is 0.101 e. The fourth-order valence-corrected chi connectivity index (χ4v) is 3.35. The molecular formula is C23H20N2. The highest BCUT2D eigenvalue weighted by molar-refractivity contribution is 6.24. The third-order valence-corrected chi connectivity index (χ3v) is 4.53. The first-order valence-corrected chi connectivity index (χ1v) is 8.67. The molecule has 2 heteroatoms. The summed E-state index contributed by atoms with van der Waals surface area (Å²) in [5.74, 6) is 0.346. The summed E-state index contributed by atoms with van der Waals surface area (Å²) >= 11 is 0. The Hall–Kier alpha value is -3.00. The van der Waals surface area contributed by atoms with Gasteiger partial charge in [0.05, 0.1) is 0 Å². The molecule has 3 aromatic carbocycles. The van der Waals surface area contributed by atoms with Crippen LogP contribution >= 0.6 is 0 Å². The van der Waals surface area contributed by atoms with E-state index in [0.29, 0.717) is 5.92 Å². The van der Waals surface area contributed by atoms with E-state index < -0.39 is 0 Å². The summed E-state index contributed by atoms with van der Waals surface area (Å²) in [5.41, 5.74) is 7.10. The van der Waals surface area contributed by atoms with Crippen molar-refractivity contribution in [1.82, 2.24) is 0 Å². The molecule has 122 valence electrons. The number of benzene rings is 3. The molecule has 2 nitrogen and oxygen atoms in total. The molecule has 1 aliphatic carbocycles. The number of fused-ring (bicyclic) bond motifs is 3. The van der Waals surface area contributed by atoms with E-state index in [4.69, 9.17) is 0 Å². The molecule has 4 rings (SSSR count). The van der Waals surface area contributed by atoms with E-state index >= 15 is 0 Å². The van der Waals surface area contributed by atoms with Crippen molar-refractivity contribution in [3.8, 4) is 11.1 Å². The zero-order valence-corrected chi connectivity index (χ0v) is 14.3. The van der Waals surface area contributed by atoms with E-state index in [1.807, 2.05) is 12.3 Å². The lowest BCUT2D eigenvalue weighted by molar-refractivity contribution is 0.780. The Morgan fingerprint density at radius 1 is 0.720 bits per heavy atom. The van der Waals surface area contributed by atoms with Gasteiger partial charge in [-0.1, -0.05) is 85.8 Å². The summed E-state index contributed by atoms with van der Waals surface area (Å²) < 4.78 is 0. The van der Waals surface area contributed by atoms with Crippen LogP contribution in [-0.4, -0.2) is 11.9 Å². The molecule has 3 aromatic rings. The highest BCUT2D eigenvalue weighted by Crippen LogP contribution is 2.36. The van der Waals surface area contributed by atoms with Crippen molar-refractivity contribution >= 4 is 11.9 Å². The van der Waals surface area contributed by atoms with Gasteiger partial charge in [-0.3, -0.25) is 0 Å². The van der Waals surface area contributed by atoms with Crippen molar-refractivity contribution in [2.75, 3.05) is 0 Å². The zero-order valence-electron chi connectivity index (χ0n) is 14.3. The molecule has 0 heterocycles. The van der Waals surface area contributed by atoms with Crippen molar-refractivity contribution in [1.29, 1.82) is 0 Å². The van der Waals surface area contributed by atoms with E-state index in [1.54, 1.807) is 0 Å². The van der Waals surface area contributed by atoms with E-state index in [0.717, 1.165) is 23.3 Å². The Morgan fingerprint density at radius 2 is 1.24 bits per heavy atom. The Balaban J connectivity index is 1.59. The average molecular weight is 324 g/mol. The molecule has 0 aromatic heterocycles. The van der Waals surface area contributed by atoms with Gasteiger partial charge in [-0.15, -0.1) is 0 Å². The van der Waals surface area contributed by atoms with Gasteiger partial charge in [0.25, 0.3) is 0 Å². The Kier molecular flexibility index (Phi) is 4.26. The van der Waals surface area contributed by atoms with Crippen molar-refractivity contribution < 1.29 is 0 Å². The first-order valence-electron chi connectivity index (χ1n) is 8.67. The van der Waals surface area contributed by atoms with Crippen LogP contribution < -0.4 is 0 Å². The normalized spacial score (nSPS) is 13.6. The van der Waals surface area contributed by atoms with Crippen LogP contribution in [0, 0.1) is 5.92 Å². The number of hydrogen-bond acceptors (Lipinski definition) is 2. The van der Waals surface area contributed by atoms with Gasteiger partial charge in [0.2, 0.25) is 0 Å². The number of hydrogen-bond donors (Lipinski definition) is 0. The van der Waals surface area contributed by atoms with Crippen molar-refractivity contribution in [3.05, 3.63) is 95.6 Å². The predicted octanol–water partition coefficient (Wildman–Crippen LogP) is 5.37. The Labute approximate surface area is 148 Å². The summed E-state index contributed by atoms with van der Waals surface area (Å²) in [4.78, 5) is 0. The summed E-state index contributed by atoms with van der Waals surface area (Å²) in [7, 11) is 0. The lowest BCUT2D eigenvalue weighted by Gasteiger charge is -2.04. The third kappa shape index (κ3) is 3.16. The van der Waals surface area contributed by atoms with Crippen molar-refractivity contribution in [2.45, 2.75) is 13.3 Å². The van der Waals surface area contributed by atoms with Crippen LogP contribution in [0.5, 0.6) is 0 Å². The highest BCUT2D eigenvalue weighted by atomic mass is 15.2. The van der Waals surface area contributed by atoms with Crippen LogP contribution in [0.4, 0.5) is 0 Å². The molecular weight excluding hydrogens is 304 g/mol. The Bertz CT molecular complexity index is 892. The monoisotopic (exact) mass is 324 g/mol. The van der Waals surface area contributed by atoms with Crippen LogP contribution in [0.3, 0.4) is 0 Å². The molecule has 0 N–H and O–H groups in total. The van der Waals surface area contributed by atoms with Crippen LogP contribution in [0.25, 0.3) is 11.1 Å². The third-order valence-electron chi connectivity index (χ3n) is 4.53. The maximum atomic E-state index is 4.57. The van der Waals surface area contributed by atoms with E-state index in [-0.39, 0.29) is 0 Å². The smallest absolute Gasteiger partial charge is 0.101 e. The van der Waals surface area contributed by atoms with Gasteiger partial charge < -0.3 is 0 Å². The zero-order chi connectivity index (χ0) is 17.1.